The first-order chi connectivity index (χ1) is 19.4. The summed E-state index contributed by atoms with van der Waals surface area (Å²) in [4.78, 5) is 29.8. The molecule has 0 aliphatic carbocycles. The molecule has 4 N–H and O–H groups in total. The number of H-pyrrole nitrogens is 1. The summed E-state index contributed by atoms with van der Waals surface area (Å²) in [5, 5.41) is 26.4. The average Bonchev–Trinajstić information content (AvgIpc) is 3.62. The number of unbranched alkanes of at least 4 members (excludes halogenated alkanes) is 1. The molecule has 0 saturated heterocycles. The summed E-state index contributed by atoms with van der Waals surface area (Å²) in [7, 11) is 0. The molecule has 4 aromatic rings. The van der Waals surface area contributed by atoms with Crippen molar-refractivity contribution in [2.24, 2.45) is 5.92 Å². The molecule has 0 radical (unpaired) electrons. The lowest BCUT2D eigenvalue weighted by molar-refractivity contribution is -0.129. The van der Waals surface area contributed by atoms with Crippen LogP contribution in [0.5, 0.6) is 0 Å². The van der Waals surface area contributed by atoms with E-state index in [9.17, 15) is 9.59 Å². The smallest absolute Gasteiger partial charge is 0.269 e. The SMILES string of the molecule is CCCCc1ncc(C(=O)NC(CC(=O)NO)CC(C)C)n1Cc1ccc(-c2ccccc2-c2nn[nH]n2)cc1. The van der Waals surface area contributed by atoms with Crippen LogP contribution in [-0.2, 0) is 17.8 Å². The number of hydrogen-bond acceptors (Lipinski definition) is 7. The third-order valence-electron chi connectivity index (χ3n) is 6.69. The van der Waals surface area contributed by atoms with Gasteiger partial charge in [0.25, 0.3) is 5.91 Å². The fourth-order valence-corrected chi connectivity index (χ4v) is 4.78. The second kappa shape index (κ2) is 13.6. The van der Waals surface area contributed by atoms with Gasteiger partial charge in [-0.3, -0.25) is 14.8 Å². The van der Waals surface area contributed by atoms with Gasteiger partial charge in [0, 0.05) is 31.0 Å². The Morgan fingerprint density at radius 3 is 2.48 bits per heavy atom. The summed E-state index contributed by atoms with van der Waals surface area (Å²) in [6, 6.07) is 15.6. The zero-order valence-electron chi connectivity index (χ0n) is 23.1. The number of hydroxylamine groups is 1. The molecule has 0 fully saturated rings. The Labute approximate surface area is 233 Å². The third-order valence-corrected chi connectivity index (χ3v) is 6.69. The predicted octanol–water partition coefficient (Wildman–Crippen LogP) is 4.16. The summed E-state index contributed by atoms with van der Waals surface area (Å²) in [6.07, 6.45) is 4.91. The first kappa shape index (κ1) is 28.6. The Balaban J connectivity index is 1.58. The van der Waals surface area contributed by atoms with Gasteiger partial charge in [0.2, 0.25) is 11.7 Å². The maximum absolute atomic E-state index is 13.4. The molecule has 210 valence electrons. The molecule has 11 heteroatoms. The van der Waals surface area contributed by atoms with Crippen LogP contribution in [0.3, 0.4) is 0 Å². The summed E-state index contributed by atoms with van der Waals surface area (Å²) in [5.41, 5.74) is 6.00. The molecule has 11 nitrogen and oxygen atoms in total. The van der Waals surface area contributed by atoms with E-state index in [-0.39, 0.29) is 18.2 Å². The number of benzene rings is 2. The highest BCUT2D eigenvalue weighted by Crippen LogP contribution is 2.30. The molecular weight excluding hydrogens is 508 g/mol. The van der Waals surface area contributed by atoms with Gasteiger partial charge in [0.15, 0.2) is 0 Å². The number of carbonyl (C=O) groups is 2. The number of tetrazole rings is 1. The summed E-state index contributed by atoms with van der Waals surface area (Å²) in [6.45, 7) is 6.63. The number of amides is 2. The standard InChI is InChI=1S/C29H36N8O3/c1-4-5-10-26-30-17-25(29(39)31-22(15-19(2)3)16-27(38)34-40)37(26)18-20-11-13-21(14-12-20)23-8-6-7-9-24(23)28-32-35-36-33-28/h6-9,11-14,17,19,22,40H,4-5,10,15-16,18H2,1-3H3,(H,31,39)(H,34,38)(H,32,33,35,36). The van der Waals surface area contributed by atoms with Gasteiger partial charge in [0.1, 0.15) is 11.5 Å². The number of hydrogen-bond donors (Lipinski definition) is 4. The van der Waals surface area contributed by atoms with Crippen molar-refractivity contribution in [1.29, 1.82) is 0 Å². The van der Waals surface area contributed by atoms with Gasteiger partial charge < -0.3 is 9.88 Å². The van der Waals surface area contributed by atoms with E-state index in [1.807, 2.05) is 66.9 Å². The van der Waals surface area contributed by atoms with Gasteiger partial charge in [-0.2, -0.15) is 5.21 Å². The number of nitrogens with one attached hydrogen (secondary N) is 3. The van der Waals surface area contributed by atoms with Crippen LogP contribution in [0.2, 0.25) is 0 Å². The molecule has 0 aliphatic heterocycles. The number of nitrogens with zero attached hydrogens (tertiary/aromatic N) is 5. The minimum absolute atomic E-state index is 0.00988. The number of aromatic amines is 1. The molecule has 40 heavy (non-hydrogen) atoms. The lowest BCUT2D eigenvalue weighted by atomic mass is 9.98. The van der Waals surface area contributed by atoms with Crippen LogP contribution in [0.1, 0.15) is 68.3 Å². The van der Waals surface area contributed by atoms with Crippen molar-refractivity contribution in [3.8, 4) is 22.5 Å². The molecule has 0 spiro atoms. The van der Waals surface area contributed by atoms with Crippen molar-refractivity contribution in [2.45, 2.75) is 65.5 Å². The fourth-order valence-electron chi connectivity index (χ4n) is 4.78. The van der Waals surface area contributed by atoms with Crippen molar-refractivity contribution < 1.29 is 14.8 Å². The Morgan fingerprint density at radius 1 is 1.07 bits per heavy atom. The minimum atomic E-state index is -0.538. The van der Waals surface area contributed by atoms with E-state index >= 15 is 0 Å². The van der Waals surface area contributed by atoms with Gasteiger partial charge in [-0.15, -0.1) is 10.2 Å². The average molecular weight is 545 g/mol. The molecule has 0 saturated carbocycles. The topological polar surface area (TPSA) is 151 Å². The van der Waals surface area contributed by atoms with Crippen LogP contribution in [0.15, 0.2) is 54.7 Å². The second-order valence-electron chi connectivity index (χ2n) is 10.3. The van der Waals surface area contributed by atoms with Gasteiger partial charge in [-0.1, -0.05) is 75.7 Å². The molecule has 0 bridgehead atoms. The largest absolute Gasteiger partial charge is 0.347 e. The van der Waals surface area contributed by atoms with Crippen LogP contribution in [-0.4, -0.2) is 53.2 Å². The quantitative estimate of drug-likeness (QED) is 0.146. The van der Waals surface area contributed by atoms with Gasteiger partial charge in [0.05, 0.1) is 6.20 Å². The van der Waals surface area contributed by atoms with Crippen molar-refractivity contribution in [1.82, 2.24) is 41.0 Å². The number of aromatic nitrogens is 6. The zero-order chi connectivity index (χ0) is 28.5. The molecule has 2 aromatic carbocycles. The maximum atomic E-state index is 13.4. The molecule has 4 rings (SSSR count). The lowest BCUT2D eigenvalue weighted by Gasteiger charge is -2.20. The first-order valence-corrected chi connectivity index (χ1v) is 13.6. The fraction of sp³-hybridized carbons (Fsp3) is 0.379. The van der Waals surface area contributed by atoms with Gasteiger partial charge in [-0.05, 0) is 40.7 Å². The Hall–Kier alpha value is -4.38. The van der Waals surface area contributed by atoms with Crippen LogP contribution in [0, 0.1) is 5.92 Å². The maximum Gasteiger partial charge on any atom is 0.269 e. The van der Waals surface area contributed by atoms with E-state index < -0.39 is 11.9 Å². The first-order valence-electron chi connectivity index (χ1n) is 13.6. The number of rotatable bonds is 13. The normalized spacial score (nSPS) is 11.9. The number of imidazole rings is 1. The van der Waals surface area contributed by atoms with Crippen LogP contribution in [0.4, 0.5) is 0 Å². The number of aryl methyl sites for hydroxylation is 1. The second-order valence-corrected chi connectivity index (χ2v) is 10.3. The van der Waals surface area contributed by atoms with Crippen LogP contribution in [0.25, 0.3) is 22.5 Å². The van der Waals surface area contributed by atoms with E-state index in [0.29, 0.717) is 24.5 Å². The summed E-state index contributed by atoms with van der Waals surface area (Å²) >= 11 is 0. The monoisotopic (exact) mass is 544 g/mol. The Morgan fingerprint density at radius 2 is 1.82 bits per heavy atom. The van der Waals surface area contributed by atoms with Gasteiger partial charge >= 0.3 is 0 Å². The van der Waals surface area contributed by atoms with E-state index in [2.05, 4.69) is 37.8 Å². The van der Waals surface area contributed by atoms with Gasteiger partial charge in [-0.25, -0.2) is 10.5 Å². The Kier molecular flexibility index (Phi) is 9.74. The van der Waals surface area contributed by atoms with Crippen LogP contribution >= 0.6 is 0 Å². The number of carbonyl (C=O) groups excluding carboxylic acids is 2. The lowest BCUT2D eigenvalue weighted by Crippen LogP contribution is -2.40. The molecular formula is C29H36N8O3. The third kappa shape index (κ3) is 7.17. The highest BCUT2D eigenvalue weighted by atomic mass is 16.5. The van der Waals surface area contributed by atoms with E-state index in [4.69, 9.17) is 5.21 Å². The van der Waals surface area contributed by atoms with Crippen molar-refractivity contribution in [2.75, 3.05) is 0 Å². The highest BCUT2D eigenvalue weighted by molar-refractivity contribution is 5.93. The van der Waals surface area contributed by atoms with Crippen LogP contribution < -0.4 is 10.8 Å². The Bertz CT molecular complexity index is 1400. The van der Waals surface area contributed by atoms with E-state index in [0.717, 1.165) is 47.3 Å². The van der Waals surface area contributed by atoms with Crippen molar-refractivity contribution in [3.05, 3.63) is 71.8 Å². The summed E-state index contributed by atoms with van der Waals surface area (Å²) < 4.78 is 1.95. The van der Waals surface area contributed by atoms with Crippen molar-refractivity contribution in [3.63, 3.8) is 0 Å². The predicted molar refractivity (Wildman–Crippen MR) is 150 cm³/mol. The molecule has 2 heterocycles. The van der Waals surface area contributed by atoms with E-state index in [1.54, 1.807) is 11.7 Å². The zero-order valence-corrected chi connectivity index (χ0v) is 23.1. The molecule has 1 atom stereocenters. The molecule has 1 unspecified atom stereocenters. The molecule has 2 aromatic heterocycles. The minimum Gasteiger partial charge on any atom is -0.347 e. The van der Waals surface area contributed by atoms with Crippen molar-refractivity contribution >= 4 is 11.8 Å². The molecule has 0 aliphatic rings. The molecule has 2 amide bonds. The van der Waals surface area contributed by atoms with E-state index in [1.165, 1.54) is 0 Å². The highest BCUT2D eigenvalue weighted by Gasteiger charge is 2.22. The summed E-state index contributed by atoms with van der Waals surface area (Å²) in [5.74, 6) is 0.792.